The third-order valence-corrected chi connectivity index (χ3v) is 10.2. The first-order valence-corrected chi connectivity index (χ1v) is 16.7. The smallest absolute Gasteiger partial charge is 0.328 e. The highest BCUT2D eigenvalue weighted by Gasteiger charge is 2.36. The number of rotatable bonds is 15. The number of carbonyl (C=O) groups is 3. The summed E-state index contributed by atoms with van der Waals surface area (Å²) in [4.78, 5) is 37.5. The van der Waals surface area contributed by atoms with Crippen molar-refractivity contribution in [2.45, 2.75) is 45.6 Å². The summed E-state index contributed by atoms with van der Waals surface area (Å²) < 4.78 is 25.0. The summed E-state index contributed by atoms with van der Waals surface area (Å²) >= 11 is 1.07. The number of nitrogens with two attached hydrogens (primary N) is 1. The van der Waals surface area contributed by atoms with Gasteiger partial charge in [-0.1, -0.05) is 96.7 Å². The van der Waals surface area contributed by atoms with Gasteiger partial charge in [0.15, 0.2) is 5.12 Å². The van der Waals surface area contributed by atoms with Crippen LogP contribution in [-0.2, 0) is 41.2 Å². The first-order valence-electron chi connectivity index (χ1n) is 13.8. The van der Waals surface area contributed by atoms with Crippen molar-refractivity contribution in [2.75, 3.05) is 18.5 Å². The Bertz CT molecular complexity index is 1350. The molecule has 0 saturated carbocycles. The van der Waals surface area contributed by atoms with Gasteiger partial charge < -0.3 is 20.3 Å². The molecule has 0 aliphatic heterocycles. The fraction of sp³-hybridized carbons (Fsp3) is 0.344. The van der Waals surface area contributed by atoms with E-state index in [-0.39, 0.29) is 30.9 Å². The van der Waals surface area contributed by atoms with Gasteiger partial charge in [-0.3, -0.25) is 14.2 Å². The van der Waals surface area contributed by atoms with E-state index >= 15 is 0 Å². The van der Waals surface area contributed by atoms with Crippen LogP contribution in [0.4, 0.5) is 0 Å². The maximum absolute atomic E-state index is 13.9. The lowest BCUT2D eigenvalue weighted by Gasteiger charge is -2.27. The molecule has 224 valence electrons. The summed E-state index contributed by atoms with van der Waals surface area (Å²) in [7, 11) is -3.50. The van der Waals surface area contributed by atoms with E-state index in [1.807, 2.05) is 84.9 Å². The predicted molar refractivity (Wildman–Crippen MR) is 168 cm³/mol. The summed E-state index contributed by atoms with van der Waals surface area (Å²) in [5.74, 6) is -2.33. The molecule has 1 amide bonds. The highest BCUT2D eigenvalue weighted by Crippen LogP contribution is 2.51. The van der Waals surface area contributed by atoms with Gasteiger partial charge in [-0.15, -0.1) is 0 Å². The van der Waals surface area contributed by atoms with E-state index in [1.54, 1.807) is 13.8 Å². The maximum atomic E-state index is 13.9. The molecule has 3 aromatic rings. The molecule has 0 bridgehead atoms. The Labute approximate surface area is 252 Å². The third-order valence-electron chi connectivity index (χ3n) is 6.64. The molecule has 0 aliphatic rings. The standard InChI is InChI=1S/C32H39N2O6PS/c1-23(32(37)39-21-27-10-6-4-7-11-27)34-31(36)30(22-41(38,24(2)33)40-18-19-42-25(3)35)20-26-14-16-29(17-15-26)28-12-8-5-9-13-28/h4-17,23-24,30H,18-22,33H2,1-3H3,(H,34,36)/t23-,24+,30-,41?/m0/s1. The Morgan fingerprint density at radius 2 is 1.48 bits per heavy atom. The van der Waals surface area contributed by atoms with Crippen molar-refractivity contribution in [1.82, 2.24) is 5.32 Å². The van der Waals surface area contributed by atoms with E-state index in [9.17, 15) is 18.9 Å². The van der Waals surface area contributed by atoms with Crippen LogP contribution in [0.2, 0.25) is 0 Å². The zero-order chi connectivity index (χ0) is 30.5. The van der Waals surface area contributed by atoms with Crippen molar-refractivity contribution in [3.8, 4) is 11.1 Å². The molecule has 0 heterocycles. The third kappa shape index (κ3) is 10.6. The molecule has 0 spiro atoms. The van der Waals surface area contributed by atoms with Crippen LogP contribution < -0.4 is 11.1 Å². The van der Waals surface area contributed by atoms with Gasteiger partial charge in [-0.05, 0) is 42.5 Å². The van der Waals surface area contributed by atoms with E-state index in [4.69, 9.17) is 15.0 Å². The van der Waals surface area contributed by atoms with Crippen molar-refractivity contribution >= 4 is 36.1 Å². The molecule has 0 saturated heterocycles. The minimum absolute atomic E-state index is 0.0609. The highest BCUT2D eigenvalue weighted by molar-refractivity contribution is 8.13. The normalized spacial score (nSPS) is 14.7. The van der Waals surface area contributed by atoms with Crippen LogP contribution in [0.3, 0.4) is 0 Å². The number of amides is 1. The van der Waals surface area contributed by atoms with Crippen molar-refractivity contribution in [3.63, 3.8) is 0 Å². The van der Waals surface area contributed by atoms with Gasteiger partial charge in [-0.25, -0.2) is 4.79 Å². The molecule has 42 heavy (non-hydrogen) atoms. The molecule has 0 radical (unpaired) electrons. The number of carbonyl (C=O) groups excluding carboxylic acids is 3. The van der Waals surface area contributed by atoms with Gasteiger partial charge in [-0.2, -0.15) is 0 Å². The number of benzene rings is 3. The van der Waals surface area contributed by atoms with Crippen molar-refractivity contribution in [1.29, 1.82) is 0 Å². The van der Waals surface area contributed by atoms with Crippen molar-refractivity contribution < 1.29 is 28.2 Å². The summed E-state index contributed by atoms with van der Waals surface area (Å²) in [6, 6.07) is 26.1. The fourth-order valence-corrected chi connectivity index (χ4v) is 6.81. The lowest BCUT2D eigenvalue weighted by molar-refractivity contribution is -0.148. The average molecular weight is 611 g/mol. The number of nitrogens with one attached hydrogen (secondary N) is 1. The average Bonchev–Trinajstić information content (AvgIpc) is 2.99. The lowest BCUT2D eigenvalue weighted by Crippen LogP contribution is -2.44. The van der Waals surface area contributed by atoms with Crippen LogP contribution >= 0.6 is 19.1 Å². The Morgan fingerprint density at radius 1 is 0.881 bits per heavy atom. The predicted octanol–water partition coefficient (Wildman–Crippen LogP) is 5.64. The van der Waals surface area contributed by atoms with E-state index in [0.29, 0.717) is 5.75 Å². The molecule has 0 aliphatic carbocycles. The maximum Gasteiger partial charge on any atom is 0.328 e. The minimum Gasteiger partial charge on any atom is -0.459 e. The summed E-state index contributed by atoms with van der Waals surface area (Å²) in [5.41, 5.74) is 9.91. The van der Waals surface area contributed by atoms with Crippen LogP contribution in [0, 0.1) is 5.92 Å². The minimum atomic E-state index is -3.50. The van der Waals surface area contributed by atoms with Crippen molar-refractivity contribution in [2.24, 2.45) is 11.7 Å². The molecule has 0 aromatic heterocycles. The highest BCUT2D eigenvalue weighted by atomic mass is 32.2. The molecule has 8 nitrogen and oxygen atoms in total. The second kappa shape index (κ2) is 16.4. The SMILES string of the molecule is CC(=O)SCCOP(=O)(C[C@H](Cc1ccc(-c2ccccc2)cc1)C(=O)N[C@@H](C)C(=O)OCc1ccccc1)[C@H](C)N. The Kier molecular flexibility index (Phi) is 13.0. The number of thioether (sulfide) groups is 1. The van der Waals surface area contributed by atoms with Gasteiger partial charge >= 0.3 is 5.97 Å². The monoisotopic (exact) mass is 610 g/mol. The fourth-order valence-electron chi connectivity index (χ4n) is 4.25. The first-order chi connectivity index (χ1) is 20.1. The molecule has 1 unspecified atom stereocenters. The summed E-state index contributed by atoms with van der Waals surface area (Å²) in [6.07, 6.45) is 0.141. The van der Waals surface area contributed by atoms with E-state index in [2.05, 4.69) is 5.32 Å². The van der Waals surface area contributed by atoms with Crippen LogP contribution in [-0.4, -0.2) is 47.3 Å². The zero-order valence-corrected chi connectivity index (χ0v) is 25.9. The van der Waals surface area contributed by atoms with Gasteiger partial charge in [0.05, 0.1) is 18.3 Å². The van der Waals surface area contributed by atoms with Gasteiger partial charge in [0.1, 0.15) is 12.6 Å². The van der Waals surface area contributed by atoms with Gasteiger partial charge in [0.2, 0.25) is 13.3 Å². The zero-order valence-electron chi connectivity index (χ0n) is 24.2. The second-order valence-corrected chi connectivity index (χ2v) is 14.3. The van der Waals surface area contributed by atoms with E-state index in [0.717, 1.165) is 34.0 Å². The van der Waals surface area contributed by atoms with Crippen LogP contribution in [0.25, 0.3) is 11.1 Å². The molecule has 0 fully saturated rings. The van der Waals surface area contributed by atoms with Crippen LogP contribution in [0.1, 0.15) is 31.9 Å². The molecular weight excluding hydrogens is 571 g/mol. The quantitative estimate of drug-likeness (QED) is 0.129. The lowest BCUT2D eigenvalue weighted by atomic mass is 9.97. The molecule has 3 aromatic carbocycles. The number of hydrogen-bond donors (Lipinski definition) is 2. The van der Waals surface area contributed by atoms with E-state index in [1.165, 1.54) is 6.92 Å². The first kappa shape index (κ1) is 33.3. The summed E-state index contributed by atoms with van der Waals surface area (Å²) in [6.45, 7) is 4.74. The summed E-state index contributed by atoms with van der Waals surface area (Å²) in [5, 5.41) is 2.67. The second-order valence-electron chi connectivity index (χ2n) is 10.1. The van der Waals surface area contributed by atoms with E-state index < -0.39 is 37.0 Å². The number of esters is 1. The Hall–Kier alpha value is -3.23. The van der Waals surface area contributed by atoms with Gasteiger partial charge in [0, 0.05) is 18.8 Å². The van der Waals surface area contributed by atoms with Crippen LogP contribution in [0.5, 0.6) is 0 Å². The van der Waals surface area contributed by atoms with Crippen LogP contribution in [0.15, 0.2) is 84.9 Å². The molecular formula is C32H39N2O6PS. The Balaban J connectivity index is 1.75. The Morgan fingerprint density at radius 3 is 2.07 bits per heavy atom. The van der Waals surface area contributed by atoms with Crippen molar-refractivity contribution in [3.05, 3.63) is 96.1 Å². The molecule has 3 rings (SSSR count). The molecule has 10 heteroatoms. The number of ether oxygens (including phenoxy) is 1. The largest absolute Gasteiger partial charge is 0.459 e. The topological polar surface area (TPSA) is 125 Å². The number of hydrogen-bond acceptors (Lipinski definition) is 8. The molecule has 3 N–H and O–H groups in total. The molecule has 4 atom stereocenters. The van der Waals surface area contributed by atoms with Gasteiger partial charge in [0.25, 0.3) is 0 Å².